The van der Waals surface area contributed by atoms with Gasteiger partial charge in [0, 0.05) is 0 Å². The number of fused-ring (bicyclic) bond motifs is 1. The maximum absolute atomic E-state index is 6.21. The molecule has 1 aromatic carbocycles. The van der Waals surface area contributed by atoms with Gasteiger partial charge in [-0.1, -0.05) is 23.7 Å². The molecule has 102 valence electrons. The molecule has 0 amide bonds. The molecule has 0 bridgehead atoms. The summed E-state index contributed by atoms with van der Waals surface area (Å²) in [6, 6.07) is 11.5. The smallest absolute Gasteiger partial charge is 0.140 e. The summed E-state index contributed by atoms with van der Waals surface area (Å²) in [7, 11) is 0. The Kier molecular flexibility index (Phi) is 3.30. The second-order valence-electron chi connectivity index (χ2n) is 4.50. The molecule has 0 saturated carbocycles. The van der Waals surface area contributed by atoms with E-state index in [1.807, 2.05) is 31.2 Å². The Morgan fingerprint density at radius 3 is 2.80 bits per heavy atom. The third-order valence-electron chi connectivity index (χ3n) is 3.22. The lowest BCUT2D eigenvalue weighted by molar-refractivity contribution is 0.765. The predicted octanol–water partition coefficient (Wildman–Crippen LogP) is 2.73. The predicted molar refractivity (Wildman–Crippen MR) is 80.6 cm³/mol. The Morgan fingerprint density at radius 1 is 1.20 bits per heavy atom. The molecule has 0 radical (unpaired) electrons. The van der Waals surface area contributed by atoms with E-state index in [2.05, 4.69) is 20.0 Å². The van der Waals surface area contributed by atoms with Crippen molar-refractivity contribution in [1.29, 1.82) is 0 Å². The summed E-state index contributed by atoms with van der Waals surface area (Å²) in [6.45, 7) is 2.53. The lowest BCUT2D eigenvalue weighted by atomic mass is 10.3. The third kappa shape index (κ3) is 2.21. The average Bonchev–Trinajstić information content (AvgIpc) is 2.77. The van der Waals surface area contributed by atoms with Crippen LogP contribution < -0.4 is 11.3 Å². The van der Waals surface area contributed by atoms with Crippen LogP contribution in [0, 0.1) is 6.92 Å². The zero-order valence-electron chi connectivity index (χ0n) is 11.0. The van der Waals surface area contributed by atoms with Gasteiger partial charge in [0.25, 0.3) is 0 Å². The molecule has 0 spiro atoms. The van der Waals surface area contributed by atoms with Crippen LogP contribution in [-0.4, -0.2) is 14.5 Å². The van der Waals surface area contributed by atoms with Crippen LogP contribution in [0.25, 0.3) is 11.0 Å². The number of rotatable bonds is 3. The van der Waals surface area contributed by atoms with E-state index in [4.69, 9.17) is 17.4 Å². The van der Waals surface area contributed by atoms with Crippen LogP contribution in [0.4, 0.5) is 5.82 Å². The Balaban J connectivity index is 2.07. The number of para-hydroxylation sites is 2. The molecule has 3 N–H and O–H groups in total. The topological polar surface area (TPSA) is 68.8 Å². The number of nitrogen functional groups attached to an aromatic ring is 1. The Hall–Kier alpha value is -2.11. The van der Waals surface area contributed by atoms with Crippen molar-refractivity contribution in [1.82, 2.24) is 14.5 Å². The van der Waals surface area contributed by atoms with Crippen LogP contribution in [0.3, 0.4) is 0 Å². The molecule has 6 heteroatoms. The number of anilines is 1. The second-order valence-corrected chi connectivity index (χ2v) is 4.91. The summed E-state index contributed by atoms with van der Waals surface area (Å²) in [4.78, 5) is 8.93. The Labute approximate surface area is 121 Å². The van der Waals surface area contributed by atoms with Crippen molar-refractivity contribution >= 4 is 28.5 Å². The van der Waals surface area contributed by atoms with E-state index in [0.717, 1.165) is 22.6 Å². The first-order valence-corrected chi connectivity index (χ1v) is 6.61. The summed E-state index contributed by atoms with van der Waals surface area (Å²) in [5.74, 6) is 6.90. The number of halogens is 1. The maximum Gasteiger partial charge on any atom is 0.140 e. The number of hydrazine groups is 1. The molecule has 2 aromatic heterocycles. The van der Waals surface area contributed by atoms with Crippen molar-refractivity contribution in [3.63, 3.8) is 0 Å². The molecule has 0 fully saturated rings. The number of hydrogen-bond donors (Lipinski definition) is 2. The summed E-state index contributed by atoms with van der Waals surface area (Å²) >= 11 is 6.21. The standard InChI is InChI=1S/C14H14ClN5/c1-9-17-11-4-2-3-5-13(11)20(9)8-12-10(15)6-7-14(18-12)19-16/h2-7H,8,16H2,1H3,(H,18,19). The minimum Gasteiger partial charge on any atom is -0.322 e. The van der Waals surface area contributed by atoms with Gasteiger partial charge in [-0.3, -0.25) is 0 Å². The molecule has 3 aromatic rings. The van der Waals surface area contributed by atoms with Crippen molar-refractivity contribution in [3.05, 3.63) is 52.9 Å². The van der Waals surface area contributed by atoms with Crippen molar-refractivity contribution in [3.8, 4) is 0 Å². The lowest BCUT2D eigenvalue weighted by Gasteiger charge is -2.09. The van der Waals surface area contributed by atoms with Gasteiger partial charge in [-0.05, 0) is 31.2 Å². The van der Waals surface area contributed by atoms with E-state index in [1.165, 1.54) is 0 Å². The highest BCUT2D eigenvalue weighted by molar-refractivity contribution is 6.31. The molecule has 20 heavy (non-hydrogen) atoms. The van der Waals surface area contributed by atoms with Crippen molar-refractivity contribution in [2.24, 2.45) is 5.84 Å². The van der Waals surface area contributed by atoms with Crippen LogP contribution in [0.15, 0.2) is 36.4 Å². The zero-order chi connectivity index (χ0) is 14.1. The second kappa shape index (κ2) is 5.11. The van der Waals surface area contributed by atoms with Gasteiger partial charge in [-0.15, -0.1) is 0 Å². The first kappa shape index (κ1) is 12.9. The molecule has 3 rings (SSSR count). The van der Waals surface area contributed by atoms with Gasteiger partial charge in [0.15, 0.2) is 0 Å². The molecule has 2 heterocycles. The molecule has 5 nitrogen and oxygen atoms in total. The van der Waals surface area contributed by atoms with E-state index in [1.54, 1.807) is 12.1 Å². The van der Waals surface area contributed by atoms with Crippen LogP contribution in [0.2, 0.25) is 5.02 Å². The minimum atomic E-state index is 0.556. The van der Waals surface area contributed by atoms with Crippen molar-refractivity contribution in [2.45, 2.75) is 13.5 Å². The molecule has 0 aliphatic rings. The van der Waals surface area contributed by atoms with Gasteiger partial charge in [-0.25, -0.2) is 15.8 Å². The molecule has 0 unspecified atom stereocenters. The lowest BCUT2D eigenvalue weighted by Crippen LogP contribution is -2.11. The first-order chi connectivity index (χ1) is 9.69. The van der Waals surface area contributed by atoms with E-state index >= 15 is 0 Å². The van der Waals surface area contributed by atoms with E-state index < -0.39 is 0 Å². The number of nitrogens with zero attached hydrogens (tertiary/aromatic N) is 3. The van der Waals surface area contributed by atoms with E-state index in [9.17, 15) is 0 Å². The van der Waals surface area contributed by atoms with Crippen molar-refractivity contribution in [2.75, 3.05) is 5.43 Å². The Bertz CT molecular complexity index is 765. The van der Waals surface area contributed by atoms with Gasteiger partial charge in [-0.2, -0.15) is 0 Å². The van der Waals surface area contributed by atoms with E-state index in [-0.39, 0.29) is 0 Å². The zero-order valence-corrected chi connectivity index (χ0v) is 11.7. The average molecular weight is 288 g/mol. The molecule has 0 aliphatic heterocycles. The monoisotopic (exact) mass is 287 g/mol. The summed E-state index contributed by atoms with van der Waals surface area (Å²) in [5.41, 5.74) is 5.32. The van der Waals surface area contributed by atoms with Gasteiger partial charge in [0.2, 0.25) is 0 Å². The number of pyridine rings is 1. The number of nitrogens with two attached hydrogens (primary N) is 1. The van der Waals surface area contributed by atoms with Crippen molar-refractivity contribution < 1.29 is 0 Å². The summed E-state index contributed by atoms with van der Waals surface area (Å²) in [5, 5.41) is 0.612. The highest BCUT2D eigenvalue weighted by Gasteiger charge is 2.10. The number of benzene rings is 1. The molecule has 0 atom stereocenters. The minimum absolute atomic E-state index is 0.556. The fourth-order valence-electron chi connectivity index (χ4n) is 2.22. The summed E-state index contributed by atoms with van der Waals surface area (Å²) < 4.78 is 2.09. The highest BCUT2D eigenvalue weighted by atomic mass is 35.5. The third-order valence-corrected chi connectivity index (χ3v) is 3.56. The van der Waals surface area contributed by atoms with Crippen LogP contribution in [-0.2, 0) is 6.54 Å². The fourth-order valence-corrected chi connectivity index (χ4v) is 2.39. The Morgan fingerprint density at radius 2 is 2.00 bits per heavy atom. The quantitative estimate of drug-likeness (QED) is 0.574. The molecular formula is C14H14ClN5. The number of aromatic nitrogens is 3. The fraction of sp³-hybridized carbons (Fsp3) is 0.143. The van der Waals surface area contributed by atoms with Crippen LogP contribution in [0.1, 0.15) is 11.5 Å². The first-order valence-electron chi connectivity index (χ1n) is 6.23. The van der Waals surface area contributed by atoms with Crippen LogP contribution >= 0.6 is 11.6 Å². The number of aryl methyl sites for hydroxylation is 1. The highest BCUT2D eigenvalue weighted by Crippen LogP contribution is 2.21. The number of hydrogen-bond acceptors (Lipinski definition) is 4. The number of imidazole rings is 1. The maximum atomic E-state index is 6.21. The largest absolute Gasteiger partial charge is 0.322 e. The SMILES string of the molecule is Cc1nc2ccccc2n1Cc1nc(NN)ccc1Cl. The molecule has 0 saturated heterocycles. The number of nitrogens with one attached hydrogen (secondary N) is 1. The van der Waals surface area contributed by atoms with E-state index in [0.29, 0.717) is 17.4 Å². The van der Waals surface area contributed by atoms with Gasteiger partial charge >= 0.3 is 0 Å². The van der Waals surface area contributed by atoms with Gasteiger partial charge in [0.05, 0.1) is 28.3 Å². The van der Waals surface area contributed by atoms with Gasteiger partial charge < -0.3 is 9.99 Å². The molecule has 0 aliphatic carbocycles. The van der Waals surface area contributed by atoms with Crippen LogP contribution in [0.5, 0.6) is 0 Å². The molecular weight excluding hydrogens is 274 g/mol. The normalized spacial score (nSPS) is 10.9. The van der Waals surface area contributed by atoms with Gasteiger partial charge in [0.1, 0.15) is 11.6 Å². The summed E-state index contributed by atoms with van der Waals surface area (Å²) in [6.07, 6.45) is 0.